The zero-order chi connectivity index (χ0) is 14.7. The Morgan fingerprint density at radius 2 is 1.65 bits per heavy atom. The normalized spacial score (nSPS) is 10.2. The number of carbonyl (C=O) groups is 2. The molecule has 2 aromatic rings. The minimum Gasteiger partial charge on any atom is -0.427 e. The fraction of sp³-hybridized carbons (Fsp3) is 0.125. The maximum absolute atomic E-state index is 11.2. The minimum atomic E-state index is -0.389. The summed E-state index contributed by atoms with van der Waals surface area (Å²) in [7, 11) is 0. The van der Waals surface area contributed by atoms with E-state index in [0.29, 0.717) is 16.3 Å². The van der Waals surface area contributed by atoms with Crippen LogP contribution in [0.25, 0.3) is 11.1 Å². The van der Waals surface area contributed by atoms with E-state index in [4.69, 9.17) is 16.3 Å². The topological polar surface area (TPSA) is 43.4 Å². The summed E-state index contributed by atoms with van der Waals surface area (Å²) in [4.78, 5) is 22.1. The summed E-state index contributed by atoms with van der Waals surface area (Å²) >= 11 is 6.19. The molecule has 2 rings (SSSR count). The second-order valence-electron chi connectivity index (χ2n) is 4.37. The zero-order valence-corrected chi connectivity index (χ0v) is 11.9. The van der Waals surface area contributed by atoms with Crippen LogP contribution >= 0.6 is 11.6 Å². The second-order valence-corrected chi connectivity index (χ2v) is 4.78. The summed E-state index contributed by atoms with van der Waals surface area (Å²) in [5, 5.41) is 0.485. The Kier molecular flexibility index (Phi) is 4.20. The number of ketones is 1. The number of halogens is 1. The number of hydrogen-bond donors (Lipinski definition) is 0. The van der Waals surface area contributed by atoms with Crippen molar-refractivity contribution in [3.8, 4) is 16.9 Å². The molecule has 0 saturated heterocycles. The summed E-state index contributed by atoms with van der Waals surface area (Å²) in [6, 6.07) is 12.2. The van der Waals surface area contributed by atoms with Crippen molar-refractivity contribution in [3.63, 3.8) is 0 Å². The van der Waals surface area contributed by atoms with Crippen LogP contribution in [0.1, 0.15) is 24.2 Å². The molecule has 0 spiro atoms. The van der Waals surface area contributed by atoms with Gasteiger partial charge in [0.15, 0.2) is 5.78 Å². The first kappa shape index (κ1) is 14.3. The van der Waals surface area contributed by atoms with E-state index in [2.05, 4.69) is 0 Å². The van der Waals surface area contributed by atoms with Gasteiger partial charge in [-0.05, 0) is 24.6 Å². The van der Waals surface area contributed by atoms with Gasteiger partial charge in [-0.15, -0.1) is 0 Å². The van der Waals surface area contributed by atoms with Crippen LogP contribution in [0.3, 0.4) is 0 Å². The first-order chi connectivity index (χ1) is 9.47. The minimum absolute atomic E-state index is 0.0212. The Bertz CT molecular complexity index is 660. The smallest absolute Gasteiger partial charge is 0.308 e. The molecule has 0 aromatic heterocycles. The van der Waals surface area contributed by atoms with Gasteiger partial charge in [-0.2, -0.15) is 0 Å². The molecular formula is C16H13ClO3. The van der Waals surface area contributed by atoms with E-state index in [-0.39, 0.29) is 11.8 Å². The summed E-state index contributed by atoms with van der Waals surface area (Å²) in [6.45, 7) is 2.86. The predicted octanol–water partition coefficient (Wildman–Crippen LogP) is 4.13. The highest BCUT2D eigenvalue weighted by atomic mass is 35.5. The van der Waals surface area contributed by atoms with Crippen LogP contribution in [0, 0.1) is 0 Å². The molecule has 0 unspecified atom stereocenters. The summed E-state index contributed by atoms with van der Waals surface area (Å²) in [5.74, 6) is 0.0408. The van der Waals surface area contributed by atoms with Gasteiger partial charge in [-0.1, -0.05) is 35.9 Å². The highest BCUT2D eigenvalue weighted by Gasteiger charge is 2.07. The molecular weight excluding hydrogens is 276 g/mol. The molecule has 20 heavy (non-hydrogen) atoms. The fourth-order valence-corrected chi connectivity index (χ4v) is 2.12. The van der Waals surface area contributed by atoms with Crippen molar-refractivity contribution < 1.29 is 14.3 Å². The zero-order valence-electron chi connectivity index (χ0n) is 11.1. The Hall–Kier alpha value is -2.13. The second kappa shape index (κ2) is 5.88. The van der Waals surface area contributed by atoms with Crippen molar-refractivity contribution in [1.82, 2.24) is 0 Å². The summed E-state index contributed by atoms with van der Waals surface area (Å²) in [5.41, 5.74) is 2.37. The van der Waals surface area contributed by atoms with Crippen LogP contribution in [0.4, 0.5) is 0 Å². The molecule has 0 atom stereocenters. The van der Waals surface area contributed by atoms with Gasteiger partial charge in [0, 0.05) is 24.1 Å². The van der Waals surface area contributed by atoms with Crippen LogP contribution in [0.15, 0.2) is 42.5 Å². The van der Waals surface area contributed by atoms with Crippen molar-refractivity contribution in [3.05, 3.63) is 53.1 Å². The molecule has 0 aliphatic heterocycles. The van der Waals surface area contributed by atoms with E-state index in [1.165, 1.54) is 13.8 Å². The Labute approximate surface area is 122 Å². The van der Waals surface area contributed by atoms with Crippen LogP contribution in [0.2, 0.25) is 5.02 Å². The Morgan fingerprint density at radius 3 is 2.15 bits per heavy atom. The van der Waals surface area contributed by atoms with E-state index in [0.717, 1.165) is 11.1 Å². The van der Waals surface area contributed by atoms with Crippen molar-refractivity contribution in [2.24, 2.45) is 0 Å². The van der Waals surface area contributed by atoms with E-state index in [1.54, 1.807) is 30.3 Å². The molecule has 0 bridgehead atoms. The maximum atomic E-state index is 11.2. The lowest BCUT2D eigenvalue weighted by Crippen LogP contribution is -2.01. The van der Waals surface area contributed by atoms with E-state index < -0.39 is 0 Å². The molecule has 2 aromatic carbocycles. The third kappa shape index (κ3) is 3.25. The van der Waals surface area contributed by atoms with Gasteiger partial charge < -0.3 is 4.74 Å². The third-order valence-electron chi connectivity index (χ3n) is 2.80. The van der Waals surface area contributed by atoms with Crippen LogP contribution in [0.5, 0.6) is 5.75 Å². The average molecular weight is 289 g/mol. The number of Topliss-reactive ketones (excluding diaryl/α,β-unsaturated/α-hetero) is 1. The number of benzene rings is 2. The number of rotatable bonds is 3. The molecule has 3 nitrogen and oxygen atoms in total. The van der Waals surface area contributed by atoms with Crippen LogP contribution < -0.4 is 4.74 Å². The molecule has 0 fully saturated rings. The predicted molar refractivity (Wildman–Crippen MR) is 78.2 cm³/mol. The van der Waals surface area contributed by atoms with Gasteiger partial charge in [-0.25, -0.2) is 0 Å². The third-order valence-corrected chi connectivity index (χ3v) is 3.12. The van der Waals surface area contributed by atoms with Crippen LogP contribution in [-0.4, -0.2) is 11.8 Å². The molecule has 0 N–H and O–H groups in total. The summed E-state index contributed by atoms with van der Waals surface area (Å²) < 4.78 is 4.97. The molecule has 0 amide bonds. The monoisotopic (exact) mass is 288 g/mol. The molecule has 0 aliphatic carbocycles. The Balaban J connectivity index is 2.33. The van der Waals surface area contributed by atoms with E-state index >= 15 is 0 Å². The lowest BCUT2D eigenvalue weighted by atomic mass is 10.0. The molecule has 4 heteroatoms. The number of carbonyl (C=O) groups excluding carboxylic acids is 2. The van der Waals surface area contributed by atoms with Crippen molar-refractivity contribution in [2.45, 2.75) is 13.8 Å². The number of hydrogen-bond acceptors (Lipinski definition) is 3. The standard InChI is InChI=1S/C16H13ClO3/c1-10(18)12-3-5-13(6-4-12)15-8-7-14(9-16(15)17)20-11(2)19/h3-9H,1-2H3. The van der Waals surface area contributed by atoms with Gasteiger partial charge in [-0.3, -0.25) is 9.59 Å². The molecule has 0 radical (unpaired) electrons. The highest BCUT2D eigenvalue weighted by Crippen LogP contribution is 2.31. The lowest BCUT2D eigenvalue weighted by Gasteiger charge is -2.07. The molecule has 0 heterocycles. The lowest BCUT2D eigenvalue weighted by molar-refractivity contribution is -0.131. The van der Waals surface area contributed by atoms with Crippen LogP contribution in [-0.2, 0) is 4.79 Å². The number of esters is 1. The van der Waals surface area contributed by atoms with Gasteiger partial charge in [0.1, 0.15) is 5.75 Å². The fourth-order valence-electron chi connectivity index (χ4n) is 1.84. The number of ether oxygens (including phenoxy) is 1. The Morgan fingerprint density at radius 1 is 1.00 bits per heavy atom. The van der Waals surface area contributed by atoms with Crippen molar-refractivity contribution in [2.75, 3.05) is 0 Å². The van der Waals surface area contributed by atoms with Crippen molar-refractivity contribution in [1.29, 1.82) is 0 Å². The summed E-state index contributed by atoms with van der Waals surface area (Å²) in [6.07, 6.45) is 0. The van der Waals surface area contributed by atoms with Gasteiger partial charge >= 0.3 is 5.97 Å². The van der Waals surface area contributed by atoms with Gasteiger partial charge in [0.25, 0.3) is 0 Å². The average Bonchev–Trinajstić information content (AvgIpc) is 2.38. The molecule has 0 aliphatic rings. The first-order valence-electron chi connectivity index (χ1n) is 6.06. The SMILES string of the molecule is CC(=O)Oc1ccc(-c2ccc(C(C)=O)cc2)c(Cl)c1. The first-order valence-corrected chi connectivity index (χ1v) is 6.44. The largest absolute Gasteiger partial charge is 0.427 e. The molecule has 102 valence electrons. The maximum Gasteiger partial charge on any atom is 0.308 e. The van der Waals surface area contributed by atoms with Gasteiger partial charge in [0.2, 0.25) is 0 Å². The quantitative estimate of drug-likeness (QED) is 0.484. The van der Waals surface area contributed by atoms with E-state index in [9.17, 15) is 9.59 Å². The molecule has 0 saturated carbocycles. The van der Waals surface area contributed by atoms with E-state index in [1.807, 2.05) is 12.1 Å². The van der Waals surface area contributed by atoms with Gasteiger partial charge in [0.05, 0.1) is 5.02 Å². The highest BCUT2D eigenvalue weighted by molar-refractivity contribution is 6.33. The van der Waals surface area contributed by atoms with Crippen molar-refractivity contribution >= 4 is 23.4 Å².